The Labute approximate surface area is 76.1 Å². The highest BCUT2D eigenvalue weighted by atomic mass is 35.5. The van der Waals surface area contributed by atoms with Crippen LogP contribution < -0.4 is 0 Å². The molecule has 63 valence electrons. The number of hydrogen-bond acceptors (Lipinski definition) is 2. The Morgan fingerprint density at radius 2 is 2.25 bits per heavy atom. The van der Waals surface area contributed by atoms with Gasteiger partial charge in [-0.25, -0.2) is 4.79 Å². The summed E-state index contributed by atoms with van der Waals surface area (Å²) >= 11 is 5.77. The molecule has 0 saturated carbocycles. The van der Waals surface area contributed by atoms with Gasteiger partial charge in [-0.05, 0) is 18.6 Å². The van der Waals surface area contributed by atoms with E-state index in [0.717, 1.165) is 5.56 Å². The number of benzene rings is 1. The molecule has 0 aliphatic heterocycles. The van der Waals surface area contributed by atoms with Crippen LogP contribution in [0.15, 0.2) is 18.2 Å². The summed E-state index contributed by atoms with van der Waals surface area (Å²) in [7, 11) is 3.04. The molecule has 12 heavy (non-hydrogen) atoms. The average Bonchev–Trinajstić information content (AvgIpc) is 2.03. The molecular formula is C9H8ClO2. The number of rotatable bonds is 1. The molecule has 3 heteroatoms. The van der Waals surface area contributed by atoms with Gasteiger partial charge in [0.2, 0.25) is 0 Å². The van der Waals surface area contributed by atoms with Gasteiger partial charge in [0.05, 0.1) is 10.6 Å². The molecule has 1 radical (unpaired) electrons. The fourth-order valence-corrected chi connectivity index (χ4v) is 1.26. The lowest BCUT2D eigenvalue weighted by Crippen LogP contribution is -2.03. The van der Waals surface area contributed by atoms with Gasteiger partial charge in [-0.3, -0.25) is 0 Å². The van der Waals surface area contributed by atoms with Crippen LogP contribution in [0.2, 0.25) is 5.02 Å². The summed E-state index contributed by atoms with van der Waals surface area (Å²) in [4.78, 5) is 11.1. The molecule has 0 fully saturated rings. The van der Waals surface area contributed by atoms with Crippen molar-refractivity contribution in [3.63, 3.8) is 0 Å². The summed E-state index contributed by atoms with van der Waals surface area (Å²) in [5, 5.41) is 0.392. The maximum Gasteiger partial charge on any atom is 0.340 e. The maximum atomic E-state index is 11.1. The lowest BCUT2D eigenvalue weighted by Gasteiger charge is -2.04. The predicted octanol–water partition coefficient (Wildman–Crippen LogP) is 2.60. The fraction of sp³-hybridized carbons (Fsp3) is 0.111. The van der Waals surface area contributed by atoms with Crippen LogP contribution in [0.3, 0.4) is 0 Å². The van der Waals surface area contributed by atoms with Gasteiger partial charge in [-0.15, -0.1) is 0 Å². The molecule has 0 aromatic heterocycles. The quantitative estimate of drug-likeness (QED) is 0.626. The fourth-order valence-electron chi connectivity index (χ4n) is 0.963. The number of halogens is 1. The van der Waals surface area contributed by atoms with E-state index in [4.69, 9.17) is 11.6 Å². The van der Waals surface area contributed by atoms with Gasteiger partial charge >= 0.3 is 5.97 Å². The normalized spacial score (nSPS) is 9.58. The molecule has 0 spiro atoms. The van der Waals surface area contributed by atoms with Crippen molar-refractivity contribution < 1.29 is 9.53 Å². The van der Waals surface area contributed by atoms with E-state index in [1.807, 2.05) is 0 Å². The first-order valence-corrected chi connectivity index (χ1v) is 3.76. The van der Waals surface area contributed by atoms with Crippen LogP contribution in [0.1, 0.15) is 15.9 Å². The summed E-state index contributed by atoms with van der Waals surface area (Å²) in [5.41, 5.74) is 1.17. The van der Waals surface area contributed by atoms with E-state index < -0.39 is 5.97 Å². The van der Waals surface area contributed by atoms with Gasteiger partial charge < -0.3 is 4.74 Å². The van der Waals surface area contributed by atoms with Crippen molar-refractivity contribution in [1.82, 2.24) is 0 Å². The minimum atomic E-state index is -0.502. The van der Waals surface area contributed by atoms with Crippen molar-refractivity contribution in [2.75, 3.05) is 0 Å². The highest BCUT2D eigenvalue weighted by Crippen LogP contribution is 2.19. The number of ether oxygens (including phenoxy) is 1. The highest BCUT2D eigenvalue weighted by molar-refractivity contribution is 6.33. The van der Waals surface area contributed by atoms with Gasteiger partial charge in [0.15, 0.2) is 0 Å². The summed E-state index contributed by atoms with van der Waals surface area (Å²) < 4.78 is 4.32. The van der Waals surface area contributed by atoms with Crippen molar-refractivity contribution in [2.45, 2.75) is 6.92 Å². The van der Waals surface area contributed by atoms with Gasteiger partial charge in [0.25, 0.3) is 0 Å². The molecule has 1 aromatic rings. The summed E-state index contributed by atoms with van der Waals surface area (Å²) in [5.74, 6) is -0.502. The third-order valence-corrected chi connectivity index (χ3v) is 1.87. The topological polar surface area (TPSA) is 26.3 Å². The van der Waals surface area contributed by atoms with E-state index in [-0.39, 0.29) is 0 Å². The Hall–Kier alpha value is -1.02. The number of aryl methyl sites for hydroxylation is 1. The predicted molar refractivity (Wildman–Crippen MR) is 47.0 cm³/mol. The van der Waals surface area contributed by atoms with Crippen molar-refractivity contribution >= 4 is 17.6 Å². The average molecular weight is 184 g/mol. The zero-order valence-electron chi connectivity index (χ0n) is 6.63. The zero-order valence-corrected chi connectivity index (χ0v) is 7.39. The number of hydrogen-bond donors (Lipinski definition) is 0. The van der Waals surface area contributed by atoms with E-state index in [1.54, 1.807) is 25.1 Å². The van der Waals surface area contributed by atoms with Crippen molar-refractivity contribution in [3.05, 3.63) is 41.5 Å². The number of esters is 1. The Morgan fingerprint density at radius 3 is 2.75 bits per heavy atom. The molecule has 0 unspecified atom stereocenters. The largest absolute Gasteiger partial charge is 0.458 e. The second-order valence-corrected chi connectivity index (χ2v) is 2.77. The molecule has 2 nitrogen and oxygen atoms in total. The van der Waals surface area contributed by atoms with Crippen molar-refractivity contribution in [1.29, 1.82) is 0 Å². The Balaban J connectivity index is 3.21. The van der Waals surface area contributed by atoms with Gasteiger partial charge in [-0.1, -0.05) is 23.7 Å². The van der Waals surface area contributed by atoms with Crippen LogP contribution >= 0.6 is 11.6 Å². The third kappa shape index (κ3) is 1.59. The van der Waals surface area contributed by atoms with Gasteiger partial charge in [0.1, 0.15) is 7.11 Å². The first-order chi connectivity index (χ1) is 5.66. The molecule has 0 amide bonds. The molecule has 0 atom stereocenters. The molecular weight excluding hydrogens is 176 g/mol. The van der Waals surface area contributed by atoms with Crippen LogP contribution in [-0.2, 0) is 4.74 Å². The van der Waals surface area contributed by atoms with Crippen molar-refractivity contribution in [2.24, 2.45) is 0 Å². The molecule has 1 rings (SSSR count). The molecule has 0 heterocycles. The standard InChI is InChI=1S/C9H8ClO2/c1-6-4-3-5-7(10)8(6)9(11)12-2/h3-5H,2H2,1H3. The third-order valence-electron chi connectivity index (χ3n) is 1.56. The smallest absolute Gasteiger partial charge is 0.340 e. The van der Waals surface area contributed by atoms with E-state index in [1.165, 1.54) is 0 Å². The second-order valence-electron chi connectivity index (χ2n) is 2.36. The van der Waals surface area contributed by atoms with Crippen LogP contribution in [0.4, 0.5) is 0 Å². The minimum absolute atomic E-state index is 0.383. The lowest BCUT2D eigenvalue weighted by atomic mass is 10.1. The van der Waals surface area contributed by atoms with Gasteiger partial charge in [-0.2, -0.15) is 0 Å². The maximum absolute atomic E-state index is 11.1. The zero-order chi connectivity index (χ0) is 9.14. The van der Waals surface area contributed by atoms with E-state index in [0.29, 0.717) is 10.6 Å². The number of carbonyl (C=O) groups excluding carboxylic acids is 1. The molecule has 0 aliphatic carbocycles. The van der Waals surface area contributed by atoms with E-state index in [9.17, 15) is 4.79 Å². The summed E-state index contributed by atoms with van der Waals surface area (Å²) in [6.45, 7) is 1.79. The highest BCUT2D eigenvalue weighted by Gasteiger charge is 2.12. The van der Waals surface area contributed by atoms with Crippen LogP contribution in [0.5, 0.6) is 0 Å². The first-order valence-electron chi connectivity index (χ1n) is 3.38. The Morgan fingerprint density at radius 1 is 1.58 bits per heavy atom. The SMILES string of the molecule is [CH2]OC(=O)c1c(C)cccc1Cl. The molecule has 0 N–H and O–H groups in total. The summed E-state index contributed by atoms with van der Waals surface area (Å²) in [6.07, 6.45) is 0. The summed E-state index contributed by atoms with van der Waals surface area (Å²) in [6, 6.07) is 5.20. The van der Waals surface area contributed by atoms with E-state index >= 15 is 0 Å². The minimum Gasteiger partial charge on any atom is -0.458 e. The van der Waals surface area contributed by atoms with Gasteiger partial charge in [0, 0.05) is 0 Å². The Bertz CT molecular complexity index is 287. The monoisotopic (exact) mass is 183 g/mol. The molecule has 0 saturated heterocycles. The Kier molecular flexibility index (Phi) is 2.71. The van der Waals surface area contributed by atoms with Crippen LogP contribution in [-0.4, -0.2) is 5.97 Å². The molecule has 0 aliphatic rings. The van der Waals surface area contributed by atoms with Crippen LogP contribution in [0, 0.1) is 14.0 Å². The second kappa shape index (κ2) is 3.59. The molecule has 1 aromatic carbocycles. The number of carbonyl (C=O) groups is 1. The lowest BCUT2D eigenvalue weighted by molar-refractivity contribution is 0.0653. The molecule has 0 bridgehead atoms. The first kappa shape index (κ1) is 9.07. The van der Waals surface area contributed by atoms with E-state index in [2.05, 4.69) is 11.8 Å². The van der Waals surface area contributed by atoms with Crippen molar-refractivity contribution in [3.8, 4) is 0 Å². The van der Waals surface area contributed by atoms with Crippen LogP contribution in [0.25, 0.3) is 0 Å².